The molecule has 0 radical (unpaired) electrons. The monoisotopic (exact) mass is 753 g/mol. The Hall–Kier alpha value is -4.24. The highest BCUT2D eigenvalue weighted by atomic mass is 35.5. The van der Waals surface area contributed by atoms with E-state index in [1.54, 1.807) is 13.0 Å². The number of amides is 1. The molecule has 0 aromatic heterocycles. The fraction of sp³-hybridized carbons (Fsp3) is 0.436. The fourth-order valence-electron chi connectivity index (χ4n) is 8.35. The van der Waals surface area contributed by atoms with Crippen LogP contribution in [0.3, 0.4) is 0 Å². The molecule has 1 saturated carbocycles. The maximum Gasteiger partial charge on any atom is 0.341 e. The standard InChI is InChI=1S/C39H39Cl2F2N3O6/c1-7-52-37(49)25-17-24(25)34-45(21-12-13-22(36(48)51-6)29(16-21)50-5)35(47)33-31(23-9-8-10-27(41)32(23)43)39(19-44,26-14-11-20(40)15-28(26)42)30(46(33)34)18-38(2,3)4/h8-16,24-25,30-31,33-34H,7,17-18H2,1-6H3/t24-,25?,30+,31+,33-,34-,39+/m1/s1. The molecule has 274 valence electrons. The molecule has 7 atom stereocenters. The lowest BCUT2D eigenvalue weighted by molar-refractivity contribution is -0.145. The van der Waals surface area contributed by atoms with Crippen molar-refractivity contribution in [3.63, 3.8) is 0 Å². The van der Waals surface area contributed by atoms with Crippen LogP contribution in [-0.4, -0.2) is 61.8 Å². The number of methoxy groups -OCH3 is 2. The first-order valence-electron chi connectivity index (χ1n) is 17.0. The minimum atomic E-state index is -1.85. The Morgan fingerprint density at radius 2 is 1.81 bits per heavy atom. The number of ether oxygens (including phenoxy) is 3. The van der Waals surface area contributed by atoms with Crippen LogP contribution < -0.4 is 9.64 Å². The first-order chi connectivity index (χ1) is 24.6. The Morgan fingerprint density at radius 3 is 2.42 bits per heavy atom. The molecule has 0 spiro atoms. The van der Waals surface area contributed by atoms with Crippen molar-refractivity contribution in [2.24, 2.45) is 17.3 Å². The molecule has 2 saturated heterocycles. The normalized spacial score (nSPS) is 26.9. The summed E-state index contributed by atoms with van der Waals surface area (Å²) in [5, 5.41) is 11.4. The smallest absolute Gasteiger partial charge is 0.341 e. The van der Waals surface area contributed by atoms with Crippen LogP contribution in [0.15, 0.2) is 54.6 Å². The zero-order valence-electron chi connectivity index (χ0n) is 29.6. The highest BCUT2D eigenvalue weighted by Crippen LogP contribution is 2.62. The third-order valence-corrected chi connectivity index (χ3v) is 11.0. The fourth-order valence-corrected chi connectivity index (χ4v) is 8.69. The number of halogens is 4. The van der Waals surface area contributed by atoms with E-state index in [1.807, 2.05) is 25.7 Å². The van der Waals surface area contributed by atoms with Crippen molar-refractivity contribution in [3.05, 3.63) is 93.0 Å². The van der Waals surface area contributed by atoms with E-state index >= 15 is 13.6 Å². The molecule has 3 aliphatic rings. The van der Waals surface area contributed by atoms with Gasteiger partial charge in [0.25, 0.3) is 0 Å². The molecule has 0 bridgehead atoms. The molecule has 3 aromatic carbocycles. The van der Waals surface area contributed by atoms with Crippen LogP contribution in [-0.2, 0) is 24.5 Å². The van der Waals surface area contributed by atoms with Gasteiger partial charge in [-0.05, 0) is 61.1 Å². The van der Waals surface area contributed by atoms with Gasteiger partial charge in [-0.3, -0.25) is 19.4 Å². The van der Waals surface area contributed by atoms with E-state index in [-0.39, 0.29) is 45.5 Å². The van der Waals surface area contributed by atoms with E-state index in [0.717, 1.165) is 6.07 Å². The average Bonchev–Trinajstić information content (AvgIpc) is 3.78. The lowest BCUT2D eigenvalue weighted by Crippen LogP contribution is -2.53. The molecule has 2 aliphatic heterocycles. The van der Waals surface area contributed by atoms with E-state index < -0.39 is 76.3 Å². The Kier molecular flexibility index (Phi) is 10.1. The number of benzene rings is 3. The van der Waals surface area contributed by atoms with Gasteiger partial charge >= 0.3 is 11.9 Å². The molecule has 3 fully saturated rings. The summed E-state index contributed by atoms with van der Waals surface area (Å²) in [6.07, 6.45) is -0.249. The molecular formula is C39H39Cl2F2N3O6. The predicted octanol–water partition coefficient (Wildman–Crippen LogP) is 7.67. The van der Waals surface area contributed by atoms with Crippen LogP contribution in [0.1, 0.15) is 67.9 Å². The number of fused-ring (bicyclic) bond motifs is 1. The van der Waals surface area contributed by atoms with E-state index in [2.05, 4.69) is 6.07 Å². The molecule has 3 aromatic rings. The molecule has 13 heteroatoms. The lowest BCUT2D eigenvalue weighted by atomic mass is 9.62. The van der Waals surface area contributed by atoms with Crippen molar-refractivity contribution in [2.75, 3.05) is 25.7 Å². The Morgan fingerprint density at radius 1 is 1.08 bits per heavy atom. The molecule has 2 heterocycles. The van der Waals surface area contributed by atoms with Crippen molar-refractivity contribution in [1.29, 1.82) is 5.26 Å². The van der Waals surface area contributed by atoms with Gasteiger partial charge in [0.1, 0.15) is 34.4 Å². The van der Waals surface area contributed by atoms with E-state index in [9.17, 15) is 14.9 Å². The molecule has 1 aliphatic carbocycles. The van der Waals surface area contributed by atoms with Gasteiger partial charge in [0, 0.05) is 40.2 Å². The summed E-state index contributed by atoms with van der Waals surface area (Å²) in [5.74, 6) is -5.41. The minimum Gasteiger partial charge on any atom is -0.496 e. The van der Waals surface area contributed by atoms with Gasteiger partial charge in [-0.1, -0.05) is 62.2 Å². The SMILES string of the molecule is CCOC(=O)C1C[C@H]1[C@@H]1N(c2ccc(C(=O)OC)c(OC)c2)C(=O)[C@H]2[C@H](c3cccc(Cl)c3F)[C@@](C#N)(c3ccc(Cl)cc3F)[C@H](CC(C)(C)C)N12. The van der Waals surface area contributed by atoms with Crippen LogP contribution in [0.2, 0.25) is 10.0 Å². The summed E-state index contributed by atoms with van der Waals surface area (Å²) >= 11 is 12.6. The van der Waals surface area contributed by atoms with Crippen molar-refractivity contribution in [3.8, 4) is 11.8 Å². The molecule has 0 N–H and O–H groups in total. The highest BCUT2D eigenvalue weighted by molar-refractivity contribution is 6.31. The quantitative estimate of drug-likeness (QED) is 0.205. The Labute approximate surface area is 311 Å². The number of carbonyl (C=O) groups is 3. The Balaban J connectivity index is 1.66. The Bertz CT molecular complexity index is 1980. The highest BCUT2D eigenvalue weighted by Gasteiger charge is 2.72. The number of nitriles is 1. The number of anilines is 1. The van der Waals surface area contributed by atoms with Gasteiger partial charge in [0.05, 0.1) is 44.0 Å². The summed E-state index contributed by atoms with van der Waals surface area (Å²) in [7, 11) is 2.62. The molecule has 1 amide bonds. The maximum absolute atomic E-state index is 16.4. The lowest BCUT2D eigenvalue weighted by Gasteiger charge is -2.43. The van der Waals surface area contributed by atoms with Crippen LogP contribution in [0.5, 0.6) is 5.75 Å². The minimum absolute atomic E-state index is 0.0277. The largest absolute Gasteiger partial charge is 0.496 e. The number of nitrogens with zero attached hydrogens (tertiary/aromatic N) is 3. The number of hydrogen-bond donors (Lipinski definition) is 0. The summed E-state index contributed by atoms with van der Waals surface area (Å²) in [4.78, 5) is 44.5. The van der Waals surface area contributed by atoms with E-state index in [1.165, 1.54) is 61.6 Å². The van der Waals surface area contributed by atoms with Gasteiger partial charge < -0.3 is 14.2 Å². The van der Waals surface area contributed by atoms with Crippen molar-refractivity contribution >= 4 is 46.7 Å². The third kappa shape index (κ3) is 6.08. The summed E-state index contributed by atoms with van der Waals surface area (Å²) < 4.78 is 48.7. The van der Waals surface area contributed by atoms with Gasteiger partial charge in [-0.15, -0.1) is 0 Å². The zero-order valence-corrected chi connectivity index (χ0v) is 31.1. The van der Waals surface area contributed by atoms with E-state index in [0.29, 0.717) is 12.1 Å². The van der Waals surface area contributed by atoms with Crippen LogP contribution >= 0.6 is 23.2 Å². The number of hydrogen-bond acceptors (Lipinski definition) is 8. The molecule has 9 nitrogen and oxygen atoms in total. The second-order valence-electron chi connectivity index (χ2n) is 14.7. The number of carbonyl (C=O) groups excluding carboxylic acids is 3. The first kappa shape index (κ1) is 37.5. The third-order valence-electron chi connectivity index (χ3n) is 10.4. The molecule has 52 heavy (non-hydrogen) atoms. The molecule has 6 rings (SSSR count). The van der Waals surface area contributed by atoms with Crippen LogP contribution in [0.4, 0.5) is 14.5 Å². The van der Waals surface area contributed by atoms with Crippen molar-refractivity contribution < 1.29 is 37.4 Å². The van der Waals surface area contributed by atoms with Gasteiger partial charge in [0.2, 0.25) is 5.91 Å². The zero-order chi connectivity index (χ0) is 37.9. The van der Waals surface area contributed by atoms with Gasteiger partial charge in [0.15, 0.2) is 0 Å². The average molecular weight is 755 g/mol. The second kappa shape index (κ2) is 14.0. The molecule has 1 unspecified atom stereocenters. The summed E-state index contributed by atoms with van der Waals surface area (Å²) in [5.41, 5.74) is -1.95. The predicted molar refractivity (Wildman–Crippen MR) is 190 cm³/mol. The van der Waals surface area contributed by atoms with Crippen LogP contribution in [0, 0.1) is 40.2 Å². The molecular weight excluding hydrogens is 715 g/mol. The van der Waals surface area contributed by atoms with Crippen molar-refractivity contribution in [1.82, 2.24) is 4.90 Å². The summed E-state index contributed by atoms with van der Waals surface area (Å²) in [6, 6.07) is 13.3. The van der Waals surface area contributed by atoms with E-state index in [4.69, 9.17) is 37.4 Å². The summed E-state index contributed by atoms with van der Waals surface area (Å²) in [6.45, 7) is 7.77. The van der Waals surface area contributed by atoms with Gasteiger partial charge in [-0.25, -0.2) is 13.6 Å². The van der Waals surface area contributed by atoms with Crippen molar-refractivity contribution in [2.45, 2.75) is 70.1 Å². The maximum atomic E-state index is 16.4. The first-order valence-corrected chi connectivity index (χ1v) is 17.7. The topological polar surface area (TPSA) is 109 Å². The number of esters is 2. The van der Waals surface area contributed by atoms with Crippen LogP contribution in [0.25, 0.3) is 0 Å². The number of rotatable bonds is 9. The van der Waals surface area contributed by atoms with Gasteiger partial charge in [-0.2, -0.15) is 5.26 Å². The second-order valence-corrected chi connectivity index (χ2v) is 15.5.